The highest BCUT2D eigenvalue weighted by atomic mass is 35.5. The summed E-state index contributed by atoms with van der Waals surface area (Å²) in [6, 6.07) is 6.81. The Kier molecular flexibility index (Phi) is 6.74. The highest BCUT2D eigenvalue weighted by Crippen LogP contribution is 2.31. The number of benzene rings is 1. The maximum absolute atomic E-state index is 12.8. The minimum Gasteiger partial charge on any atom is -0.484 e. The van der Waals surface area contributed by atoms with Gasteiger partial charge in [-0.3, -0.25) is 9.69 Å². The van der Waals surface area contributed by atoms with Crippen LogP contribution >= 0.6 is 11.6 Å². The van der Waals surface area contributed by atoms with E-state index in [1.807, 2.05) is 39.8 Å². The second-order valence-corrected chi connectivity index (χ2v) is 9.84. The van der Waals surface area contributed by atoms with Crippen molar-refractivity contribution < 1.29 is 23.6 Å². The molecule has 2 amide bonds. The summed E-state index contributed by atoms with van der Waals surface area (Å²) < 4.78 is 16.4. The standard InChI is InChI=1S/C24H29ClN4O5/c1-14-8-17(34-28-14)13-32-21-11-19-15(10-18(21)25)9-16(27-19)12-26-22(30)20-6-5-7-29(20)23(31)33-24(2,3)4/h8-11,20,27H,5-7,12-13H2,1-4H3,(H,26,30)/t20-/m1/s1. The first-order valence-electron chi connectivity index (χ1n) is 11.2. The Labute approximate surface area is 202 Å². The second-order valence-electron chi connectivity index (χ2n) is 9.44. The fourth-order valence-corrected chi connectivity index (χ4v) is 4.14. The van der Waals surface area contributed by atoms with E-state index in [0.717, 1.165) is 28.7 Å². The average molecular weight is 489 g/mol. The Morgan fingerprint density at radius 2 is 2.09 bits per heavy atom. The van der Waals surface area contributed by atoms with Crippen LogP contribution in [-0.2, 0) is 22.7 Å². The topological polar surface area (TPSA) is 110 Å². The third kappa shape index (κ3) is 5.64. The van der Waals surface area contributed by atoms with Crippen molar-refractivity contribution in [3.8, 4) is 5.75 Å². The number of aromatic nitrogens is 2. The second kappa shape index (κ2) is 9.58. The number of fused-ring (bicyclic) bond motifs is 1. The normalized spacial score (nSPS) is 16.1. The average Bonchev–Trinajstić information content (AvgIpc) is 3.48. The molecule has 3 aromatic rings. The number of likely N-dealkylation sites (tertiary alicyclic amines) is 1. The van der Waals surface area contributed by atoms with Crippen LogP contribution in [0.25, 0.3) is 10.9 Å². The molecule has 1 aromatic carbocycles. The third-order valence-electron chi connectivity index (χ3n) is 5.41. The Morgan fingerprint density at radius 1 is 1.29 bits per heavy atom. The largest absolute Gasteiger partial charge is 0.484 e. The molecule has 0 unspecified atom stereocenters. The van der Waals surface area contributed by atoms with Gasteiger partial charge >= 0.3 is 6.09 Å². The van der Waals surface area contributed by atoms with Crippen LogP contribution in [0, 0.1) is 6.92 Å². The van der Waals surface area contributed by atoms with Crippen molar-refractivity contribution in [1.29, 1.82) is 0 Å². The quantitative estimate of drug-likeness (QED) is 0.520. The van der Waals surface area contributed by atoms with Crippen LogP contribution in [-0.4, -0.2) is 45.2 Å². The van der Waals surface area contributed by atoms with Crippen LogP contribution in [0.4, 0.5) is 4.79 Å². The number of carbonyl (C=O) groups excluding carboxylic acids is 2. The third-order valence-corrected chi connectivity index (χ3v) is 5.71. The van der Waals surface area contributed by atoms with E-state index in [9.17, 15) is 9.59 Å². The zero-order chi connectivity index (χ0) is 24.5. The minimum absolute atomic E-state index is 0.202. The smallest absolute Gasteiger partial charge is 0.410 e. The molecule has 10 heteroatoms. The van der Waals surface area contributed by atoms with Crippen LogP contribution < -0.4 is 10.1 Å². The molecule has 0 radical (unpaired) electrons. The molecule has 1 fully saturated rings. The number of rotatable bonds is 6. The van der Waals surface area contributed by atoms with Gasteiger partial charge in [0.1, 0.15) is 24.0 Å². The number of nitrogens with one attached hydrogen (secondary N) is 2. The summed E-state index contributed by atoms with van der Waals surface area (Å²) in [5.74, 6) is 0.918. The molecule has 34 heavy (non-hydrogen) atoms. The molecule has 1 atom stereocenters. The fraction of sp³-hybridized carbons (Fsp3) is 0.458. The van der Waals surface area contributed by atoms with Gasteiger partial charge in [-0.15, -0.1) is 0 Å². The molecule has 182 valence electrons. The maximum atomic E-state index is 12.8. The number of aryl methyl sites for hydroxylation is 1. The lowest BCUT2D eigenvalue weighted by Crippen LogP contribution is -2.47. The van der Waals surface area contributed by atoms with Gasteiger partial charge in [-0.2, -0.15) is 0 Å². The molecule has 0 saturated carbocycles. The predicted octanol–water partition coefficient (Wildman–Crippen LogP) is 4.71. The number of H-pyrrole nitrogens is 1. The van der Waals surface area contributed by atoms with Crippen molar-refractivity contribution >= 4 is 34.5 Å². The van der Waals surface area contributed by atoms with Crippen LogP contribution in [0.3, 0.4) is 0 Å². The van der Waals surface area contributed by atoms with E-state index in [2.05, 4.69) is 15.5 Å². The lowest BCUT2D eigenvalue weighted by atomic mass is 10.2. The molecular weight excluding hydrogens is 460 g/mol. The van der Waals surface area contributed by atoms with Crippen molar-refractivity contribution in [2.45, 2.75) is 65.3 Å². The molecule has 9 nitrogen and oxygen atoms in total. The van der Waals surface area contributed by atoms with Crippen molar-refractivity contribution in [1.82, 2.24) is 20.4 Å². The Bertz CT molecular complexity index is 1200. The number of hydrogen-bond acceptors (Lipinski definition) is 6. The van der Waals surface area contributed by atoms with Crippen molar-refractivity contribution in [3.63, 3.8) is 0 Å². The molecule has 0 spiro atoms. The van der Waals surface area contributed by atoms with Crippen LogP contribution in [0.5, 0.6) is 5.75 Å². The molecule has 2 aromatic heterocycles. The number of halogens is 1. The van der Waals surface area contributed by atoms with Crippen LogP contribution in [0.15, 0.2) is 28.8 Å². The summed E-state index contributed by atoms with van der Waals surface area (Å²) in [6.45, 7) is 8.28. The van der Waals surface area contributed by atoms with Gasteiger partial charge in [0, 0.05) is 35.3 Å². The highest BCUT2D eigenvalue weighted by molar-refractivity contribution is 6.32. The maximum Gasteiger partial charge on any atom is 0.410 e. The predicted molar refractivity (Wildman–Crippen MR) is 127 cm³/mol. The van der Waals surface area contributed by atoms with E-state index < -0.39 is 17.7 Å². The molecule has 0 aliphatic carbocycles. The van der Waals surface area contributed by atoms with Crippen molar-refractivity contribution in [3.05, 3.63) is 46.4 Å². The lowest BCUT2D eigenvalue weighted by molar-refractivity contribution is -0.125. The molecule has 1 saturated heterocycles. The van der Waals surface area contributed by atoms with Gasteiger partial charge in [0.25, 0.3) is 0 Å². The summed E-state index contributed by atoms with van der Waals surface area (Å²) >= 11 is 6.38. The molecule has 1 aliphatic rings. The zero-order valence-corrected chi connectivity index (χ0v) is 20.5. The van der Waals surface area contributed by atoms with E-state index in [1.165, 1.54) is 4.90 Å². The molecule has 3 heterocycles. The zero-order valence-electron chi connectivity index (χ0n) is 19.7. The monoisotopic (exact) mass is 488 g/mol. The highest BCUT2D eigenvalue weighted by Gasteiger charge is 2.36. The van der Waals surface area contributed by atoms with Crippen LogP contribution in [0.1, 0.15) is 50.8 Å². The first-order chi connectivity index (χ1) is 16.1. The summed E-state index contributed by atoms with van der Waals surface area (Å²) in [4.78, 5) is 30.1. The SMILES string of the molecule is Cc1cc(COc2cc3[nH]c(CNC(=O)[C@H]4CCCN4C(=O)OC(C)(C)C)cc3cc2Cl)on1. The summed E-state index contributed by atoms with van der Waals surface area (Å²) in [7, 11) is 0. The first-order valence-corrected chi connectivity index (χ1v) is 11.6. The summed E-state index contributed by atoms with van der Waals surface area (Å²) in [5, 5.41) is 8.13. The lowest BCUT2D eigenvalue weighted by Gasteiger charge is -2.28. The van der Waals surface area contributed by atoms with E-state index in [4.69, 9.17) is 25.6 Å². The van der Waals surface area contributed by atoms with Gasteiger partial charge in [0.15, 0.2) is 5.76 Å². The Morgan fingerprint density at radius 3 is 2.79 bits per heavy atom. The van der Waals surface area contributed by atoms with Crippen LogP contribution in [0.2, 0.25) is 5.02 Å². The number of ether oxygens (including phenoxy) is 2. The van der Waals surface area contributed by atoms with E-state index in [1.54, 1.807) is 12.1 Å². The number of aromatic amines is 1. The molecular formula is C24H29ClN4O5. The van der Waals surface area contributed by atoms with E-state index in [0.29, 0.717) is 29.5 Å². The minimum atomic E-state index is -0.608. The number of carbonyl (C=O) groups is 2. The van der Waals surface area contributed by atoms with Crippen molar-refractivity contribution in [2.75, 3.05) is 6.54 Å². The summed E-state index contributed by atoms with van der Waals surface area (Å²) in [6.07, 6.45) is 0.913. The van der Waals surface area contributed by atoms with Gasteiger partial charge in [-0.25, -0.2) is 4.79 Å². The molecule has 2 N–H and O–H groups in total. The van der Waals surface area contributed by atoms with Crippen molar-refractivity contribution in [2.24, 2.45) is 0 Å². The summed E-state index contributed by atoms with van der Waals surface area (Å²) in [5.41, 5.74) is 1.81. The van der Waals surface area contributed by atoms with Gasteiger partial charge < -0.3 is 24.3 Å². The fourth-order valence-electron chi connectivity index (χ4n) is 3.91. The first kappa shape index (κ1) is 23.9. The van der Waals surface area contributed by atoms with Gasteiger partial charge in [-0.1, -0.05) is 16.8 Å². The van der Waals surface area contributed by atoms with Gasteiger partial charge in [0.2, 0.25) is 5.91 Å². The molecule has 0 bridgehead atoms. The Hall–Kier alpha value is -3.20. The van der Waals surface area contributed by atoms with Gasteiger partial charge in [0.05, 0.1) is 17.3 Å². The number of hydrogen-bond donors (Lipinski definition) is 2. The van der Waals surface area contributed by atoms with E-state index in [-0.39, 0.29) is 19.1 Å². The van der Waals surface area contributed by atoms with E-state index >= 15 is 0 Å². The molecule has 4 rings (SSSR count). The number of amides is 2. The molecule has 1 aliphatic heterocycles. The number of nitrogens with zero attached hydrogens (tertiary/aromatic N) is 2. The van der Waals surface area contributed by atoms with Gasteiger partial charge in [-0.05, 0) is 52.7 Å². The Balaban J connectivity index is 1.38.